The molecule has 0 spiro atoms. The topological polar surface area (TPSA) is 43.8 Å². The number of aliphatic hydroxyl groups is 1. The van der Waals surface area contributed by atoms with Gasteiger partial charge in [-0.25, -0.2) is 0 Å². The van der Waals surface area contributed by atoms with Crippen LogP contribution in [0.5, 0.6) is 0 Å². The highest BCUT2D eigenvalue weighted by molar-refractivity contribution is 5.78. The van der Waals surface area contributed by atoms with E-state index in [1.165, 1.54) is 12.8 Å². The zero-order chi connectivity index (χ0) is 12.4. The Morgan fingerprint density at radius 3 is 2.65 bits per heavy atom. The normalized spacial score (nSPS) is 26.6. The van der Waals surface area contributed by atoms with Gasteiger partial charge in [-0.15, -0.1) is 0 Å². The monoisotopic (exact) mass is 240 g/mol. The maximum absolute atomic E-state index is 12.1. The number of nitrogens with zero attached hydrogens (tertiary/aromatic N) is 2. The van der Waals surface area contributed by atoms with Crippen molar-refractivity contribution in [1.29, 1.82) is 0 Å². The molecule has 0 radical (unpaired) electrons. The van der Waals surface area contributed by atoms with Gasteiger partial charge in [-0.05, 0) is 32.7 Å². The molecule has 2 atom stereocenters. The van der Waals surface area contributed by atoms with Crippen LogP contribution in [-0.2, 0) is 4.79 Å². The molecular formula is C13H24N2O2. The van der Waals surface area contributed by atoms with Crippen LogP contribution in [0.15, 0.2) is 0 Å². The van der Waals surface area contributed by atoms with Gasteiger partial charge in [0, 0.05) is 25.0 Å². The van der Waals surface area contributed by atoms with Crippen LogP contribution in [-0.4, -0.2) is 59.1 Å². The minimum atomic E-state index is -0.293. The Morgan fingerprint density at radius 1 is 1.47 bits per heavy atom. The fourth-order valence-electron chi connectivity index (χ4n) is 2.62. The number of amides is 1. The summed E-state index contributed by atoms with van der Waals surface area (Å²) in [6, 6.07) is 0.652. The number of likely N-dealkylation sites (tertiary alicyclic amines) is 1. The fraction of sp³-hybridized carbons (Fsp3) is 0.923. The number of rotatable bonds is 5. The van der Waals surface area contributed by atoms with Crippen LogP contribution in [0.3, 0.4) is 0 Å². The predicted octanol–water partition coefficient (Wildman–Crippen LogP) is 0.700. The molecule has 2 fully saturated rings. The summed E-state index contributed by atoms with van der Waals surface area (Å²) in [7, 11) is 0. The summed E-state index contributed by atoms with van der Waals surface area (Å²) in [5, 5.41) is 9.53. The third kappa shape index (κ3) is 3.19. The highest BCUT2D eigenvalue weighted by Crippen LogP contribution is 2.27. The lowest BCUT2D eigenvalue weighted by Gasteiger charge is -2.23. The van der Waals surface area contributed by atoms with Crippen molar-refractivity contribution in [3.8, 4) is 0 Å². The molecule has 1 N–H and O–H groups in total. The molecule has 4 heteroatoms. The van der Waals surface area contributed by atoms with Gasteiger partial charge in [-0.1, -0.05) is 6.92 Å². The maximum Gasteiger partial charge on any atom is 0.236 e. The molecule has 17 heavy (non-hydrogen) atoms. The van der Waals surface area contributed by atoms with Crippen molar-refractivity contribution in [3.05, 3.63) is 0 Å². The largest absolute Gasteiger partial charge is 0.393 e. The number of hydrogen-bond donors (Lipinski definition) is 1. The molecule has 0 aromatic carbocycles. The summed E-state index contributed by atoms with van der Waals surface area (Å²) >= 11 is 0. The minimum Gasteiger partial charge on any atom is -0.393 e. The summed E-state index contributed by atoms with van der Waals surface area (Å²) in [5.41, 5.74) is 0. The van der Waals surface area contributed by atoms with Gasteiger partial charge < -0.3 is 10.0 Å². The van der Waals surface area contributed by atoms with Gasteiger partial charge in [-0.3, -0.25) is 9.69 Å². The Hall–Kier alpha value is -0.610. The van der Waals surface area contributed by atoms with Crippen LogP contribution in [0.2, 0.25) is 0 Å². The van der Waals surface area contributed by atoms with E-state index in [9.17, 15) is 9.90 Å². The number of carbonyl (C=O) groups is 1. The van der Waals surface area contributed by atoms with Gasteiger partial charge in [0.2, 0.25) is 5.91 Å². The molecule has 2 aliphatic rings. The van der Waals surface area contributed by atoms with Gasteiger partial charge in [0.15, 0.2) is 0 Å². The third-order valence-corrected chi connectivity index (χ3v) is 4.07. The minimum absolute atomic E-state index is 0.238. The maximum atomic E-state index is 12.1. The van der Waals surface area contributed by atoms with E-state index in [1.54, 1.807) is 0 Å². The van der Waals surface area contributed by atoms with E-state index < -0.39 is 0 Å². The van der Waals surface area contributed by atoms with Crippen LogP contribution in [0.1, 0.15) is 33.1 Å². The Kier molecular flexibility index (Phi) is 4.05. The number of aliphatic hydroxyl groups excluding tert-OH is 1. The standard InChI is InChI=1S/C13H24N2O2/c1-3-14(12-4-5-12)9-13(17)15-7-6-11(8-15)10(2)16/h10-12,16H,3-9H2,1-2H3. The Morgan fingerprint density at radius 2 is 2.18 bits per heavy atom. The van der Waals surface area contributed by atoms with Gasteiger partial charge >= 0.3 is 0 Å². The van der Waals surface area contributed by atoms with Crippen LogP contribution >= 0.6 is 0 Å². The fourth-order valence-corrected chi connectivity index (χ4v) is 2.62. The summed E-state index contributed by atoms with van der Waals surface area (Å²) in [6.07, 6.45) is 3.15. The molecule has 2 unspecified atom stereocenters. The molecule has 1 amide bonds. The SMILES string of the molecule is CCN(CC(=O)N1CCC(C(C)O)C1)C1CC1. The van der Waals surface area contributed by atoms with Gasteiger partial charge in [0.05, 0.1) is 12.6 Å². The lowest BCUT2D eigenvalue weighted by molar-refractivity contribution is -0.131. The number of hydrogen-bond acceptors (Lipinski definition) is 3. The molecule has 1 saturated heterocycles. The Bertz CT molecular complexity index is 277. The van der Waals surface area contributed by atoms with E-state index in [4.69, 9.17) is 0 Å². The molecular weight excluding hydrogens is 216 g/mol. The second kappa shape index (κ2) is 5.36. The molecule has 0 aromatic heterocycles. The Balaban J connectivity index is 1.80. The van der Waals surface area contributed by atoms with Crippen molar-refractivity contribution in [1.82, 2.24) is 9.80 Å². The van der Waals surface area contributed by atoms with Crippen molar-refractivity contribution in [2.45, 2.75) is 45.3 Å². The van der Waals surface area contributed by atoms with Crippen LogP contribution in [0.25, 0.3) is 0 Å². The molecule has 98 valence electrons. The van der Waals surface area contributed by atoms with Crippen LogP contribution in [0, 0.1) is 5.92 Å². The summed E-state index contributed by atoms with van der Waals surface area (Å²) in [4.78, 5) is 16.3. The first kappa shape index (κ1) is 12.8. The number of carbonyl (C=O) groups excluding carboxylic acids is 1. The van der Waals surface area contributed by atoms with Crippen LogP contribution < -0.4 is 0 Å². The first-order chi connectivity index (χ1) is 8.11. The van der Waals surface area contributed by atoms with E-state index in [1.807, 2.05) is 11.8 Å². The van der Waals surface area contributed by atoms with E-state index in [0.717, 1.165) is 26.1 Å². The molecule has 1 heterocycles. The second-order valence-corrected chi connectivity index (χ2v) is 5.42. The van der Waals surface area contributed by atoms with Gasteiger partial charge in [-0.2, -0.15) is 0 Å². The summed E-state index contributed by atoms with van der Waals surface area (Å²) < 4.78 is 0. The second-order valence-electron chi connectivity index (χ2n) is 5.42. The van der Waals surface area contributed by atoms with Crippen molar-refractivity contribution in [2.24, 2.45) is 5.92 Å². The Labute approximate surface area is 104 Å². The van der Waals surface area contributed by atoms with Gasteiger partial charge in [0.1, 0.15) is 0 Å². The van der Waals surface area contributed by atoms with Crippen LogP contribution in [0.4, 0.5) is 0 Å². The van der Waals surface area contributed by atoms with E-state index in [-0.39, 0.29) is 17.9 Å². The smallest absolute Gasteiger partial charge is 0.236 e. The average molecular weight is 240 g/mol. The van der Waals surface area contributed by atoms with Crippen molar-refractivity contribution in [3.63, 3.8) is 0 Å². The average Bonchev–Trinajstić information content (AvgIpc) is 3.01. The molecule has 0 bridgehead atoms. The molecule has 0 aromatic rings. The van der Waals surface area contributed by atoms with Gasteiger partial charge in [0.25, 0.3) is 0 Å². The molecule has 1 aliphatic heterocycles. The highest BCUT2D eigenvalue weighted by Gasteiger charge is 2.33. The molecule has 1 saturated carbocycles. The molecule has 1 aliphatic carbocycles. The lowest BCUT2D eigenvalue weighted by atomic mass is 10.0. The molecule has 2 rings (SSSR count). The zero-order valence-corrected chi connectivity index (χ0v) is 10.9. The van der Waals surface area contributed by atoms with E-state index in [0.29, 0.717) is 12.6 Å². The van der Waals surface area contributed by atoms with Crippen molar-refractivity contribution >= 4 is 5.91 Å². The highest BCUT2D eigenvalue weighted by atomic mass is 16.3. The van der Waals surface area contributed by atoms with E-state index >= 15 is 0 Å². The van der Waals surface area contributed by atoms with Crippen molar-refractivity contribution in [2.75, 3.05) is 26.2 Å². The summed E-state index contributed by atoms with van der Waals surface area (Å²) in [6.45, 7) is 7.02. The van der Waals surface area contributed by atoms with Crippen molar-refractivity contribution < 1.29 is 9.90 Å². The molecule has 4 nitrogen and oxygen atoms in total. The number of likely N-dealkylation sites (N-methyl/N-ethyl adjacent to an activating group) is 1. The lowest BCUT2D eigenvalue weighted by Crippen LogP contribution is -2.40. The first-order valence-corrected chi connectivity index (χ1v) is 6.81. The predicted molar refractivity (Wildman–Crippen MR) is 66.6 cm³/mol. The van der Waals surface area contributed by atoms with E-state index in [2.05, 4.69) is 11.8 Å². The summed E-state index contributed by atoms with van der Waals surface area (Å²) in [5.74, 6) is 0.511. The zero-order valence-electron chi connectivity index (χ0n) is 10.9. The third-order valence-electron chi connectivity index (χ3n) is 4.07. The quantitative estimate of drug-likeness (QED) is 0.769. The first-order valence-electron chi connectivity index (χ1n) is 6.81.